The van der Waals surface area contributed by atoms with Crippen LogP contribution in [0.4, 0.5) is 4.39 Å². The van der Waals surface area contributed by atoms with Gasteiger partial charge in [0.25, 0.3) is 0 Å². The van der Waals surface area contributed by atoms with Gasteiger partial charge < -0.3 is 28.8 Å². The Labute approximate surface area is 209 Å². The van der Waals surface area contributed by atoms with Crippen molar-refractivity contribution in [3.63, 3.8) is 0 Å². The van der Waals surface area contributed by atoms with E-state index in [2.05, 4.69) is 0 Å². The van der Waals surface area contributed by atoms with Crippen molar-refractivity contribution in [2.45, 2.75) is 10.6 Å². The van der Waals surface area contributed by atoms with Crippen LogP contribution in [0, 0.1) is 5.82 Å². The summed E-state index contributed by atoms with van der Waals surface area (Å²) in [5.74, 6) is -0.506. The Kier molecular flexibility index (Phi) is 8.31. The Morgan fingerprint density at radius 2 is 1.36 bits per heavy atom. The predicted molar refractivity (Wildman–Crippen MR) is 134 cm³/mol. The van der Waals surface area contributed by atoms with Crippen LogP contribution in [0.25, 0.3) is 12.2 Å². The fourth-order valence-corrected chi connectivity index (χ4v) is 5.00. The fraction of sp³-hybridized carbons (Fsp3) is 0.231. The molecule has 3 aromatic carbocycles. The van der Waals surface area contributed by atoms with Gasteiger partial charge in [0.05, 0.1) is 46.2 Å². The van der Waals surface area contributed by atoms with E-state index in [-0.39, 0.29) is 27.7 Å². The summed E-state index contributed by atoms with van der Waals surface area (Å²) in [4.78, 5) is -0.178. The second-order valence-electron chi connectivity index (χ2n) is 7.53. The maximum Gasteiger partial charge on any atom is 0.203 e. The fourth-order valence-electron chi connectivity index (χ4n) is 3.60. The molecule has 0 saturated carbocycles. The third-order valence-electron chi connectivity index (χ3n) is 5.45. The van der Waals surface area contributed by atoms with Gasteiger partial charge in [0.1, 0.15) is 0 Å². The molecule has 192 valence electrons. The summed E-state index contributed by atoms with van der Waals surface area (Å²) in [6, 6.07) is 10.1. The molecule has 0 aliphatic rings. The van der Waals surface area contributed by atoms with E-state index in [4.69, 9.17) is 23.7 Å². The molecule has 3 aromatic rings. The van der Waals surface area contributed by atoms with Crippen molar-refractivity contribution in [2.75, 3.05) is 35.5 Å². The van der Waals surface area contributed by atoms with Gasteiger partial charge in [0.15, 0.2) is 44.4 Å². The first-order valence-electron chi connectivity index (χ1n) is 10.6. The Balaban J connectivity index is 2.06. The summed E-state index contributed by atoms with van der Waals surface area (Å²) in [6.45, 7) is 0. The molecule has 0 aromatic heterocycles. The molecule has 0 fully saturated rings. The first-order valence-corrected chi connectivity index (χ1v) is 12.3. The number of benzene rings is 3. The molecule has 0 aliphatic heterocycles. The van der Waals surface area contributed by atoms with Crippen molar-refractivity contribution in [3.05, 3.63) is 65.0 Å². The second kappa shape index (κ2) is 11.2. The molecule has 0 amide bonds. The molecular formula is C26H27FO8S. The van der Waals surface area contributed by atoms with Crippen molar-refractivity contribution >= 4 is 22.0 Å². The average molecular weight is 519 g/mol. The molecule has 0 unspecified atom stereocenters. The molecule has 8 nitrogen and oxygen atoms in total. The maximum atomic E-state index is 15.3. The second-order valence-corrected chi connectivity index (χ2v) is 9.52. The third kappa shape index (κ3) is 5.49. The average Bonchev–Trinajstić information content (AvgIpc) is 2.88. The van der Waals surface area contributed by atoms with Crippen LogP contribution < -0.4 is 23.7 Å². The minimum Gasteiger partial charge on any atom is -0.504 e. The van der Waals surface area contributed by atoms with Crippen LogP contribution in [-0.2, 0) is 15.6 Å². The van der Waals surface area contributed by atoms with Gasteiger partial charge in [-0.3, -0.25) is 0 Å². The largest absolute Gasteiger partial charge is 0.504 e. The molecule has 1 N–H and O–H groups in total. The Morgan fingerprint density at radius 1 is 0.778 bits per heavy atom. The monoisotopic (exact) mass is 518 g/mol. The first kappa shape index (κ1) is 26.7. The van der Waals surface area contributed by atoms with Crippen LogP contribution in [0.2, 0.25) is 0 Å². The van der Waals surface area contributed by atoms with Gasteiger partial charge in [-0.2, -0.15) is 0 Å². The molecule has 0 saturated heterocycles. The zero-order chi connectivity index (χ0) is 26.5. The quantitative estimate of drug-likeness (QED) is 0.385. The highest BCUT2D eigenvalue weighted by atomic mass is 32.2. The summed E-state index contributed by atoms with van der Waals surface area (Å²) in [5.41, 5.74) is 0.881. The van der Waals surface area contributed by atoms with E-state index in [0.29, 0.717) is 28.4 Å². The number of rotatable bonds is 10. The molecule has 0 bridgehead atoms. The lowest BCUT2D eigenvalue weighted by molar-refractivity contribution is 0.324. The zero-order valence-corrected chi connectivity index (χ0v) is 21.3. The van der Waals surface area contributed by atoms with Gasteiger partial charge >= 0.3 is 0 Å². The highest BCUT2D eigenvalue weighted by Crippen LogP contribution is 2.39. The molecule has 0 spiro atoms. The van der Waals surface area contributed by atoms with Crippen LogP contribution in [0.3, 0.4) is 0 Å². The molecule has 0 aliphatic carbocycles. The highest BCUT2D eigenvalue weighted by Gasteiger charge is 2.23. The number of hydrogen-bond donors (Lipinski definition) is 1. The number of phenols is 1. The van der Waals surface area contributed by atoms with Gasteiger partial charge in [-0.05, 0) is 41.5 Å². The Hall–Kier alpha value is -3.92. The van der Waals surface area contributed by atoms with Crippen molar-refractivity contribution in [2.24, 2.45) is 0 Å². The van der Waals surface area contributed by atoms with Gasteiger partial charge in [-0.15, -0.1) is 0 Å². The number of phenolic OH excluding ortho intramolecular Hbond substituents is 1. The predicted octanol–water partition coefficient (Wildman–Crippen LogP) is 4.72. The smallest absolute Gasteiger partial charge is 0.203 e. The van der Waals surface area contributed by atoms with Crippen LogP contribution in [0.5, 0.6) is 34.5 Å². The Bertz CT molecular complexity index is 1360. The molecule has 36 heavy (non-hydrogen) atoms. The summed E-state index contributed by atoms with van der Waals surface area (Å²) < 4.78 is 67.6. The molecular weight excluding hydrogens is 491 g/mol. The number of sulfone groups is 1. The molecule has 3 rings (SSSR count). The van der Waals surface area contributed by atoms with E-state index in [0.717, 1.165) is 6.07 Å². The normalized spacial score (nSPS) is 11.4. The number of methoxy groups -OCH3 is 5. The van der Waals surface area contributed by atoms with E-state index in [1.165, 1.54) is 53.7 Å². The lowest BCUT2D eigenvalue weighted by Crippen LogP contribution is -2.09. The lowest BCUT2D eigenvalue weighted by atomic mass is 10.1. The number of aromatic hydroxyl groups is 1. The van der Waals surface area contributed by atoms with Crippen LogP contribution in [-0.4, -0.2) is 49.1 Å². The molecule has 0 heterocycles. The van der Waals surface area contributed by atoms with Crippen molar-refractivity contribution in [1.82, 2.24) is 0 Å². The first-order chi connectivity index (χ1) is 17.2. The highest BCUT2D eigenvalue weighted by molar-refractivity contribution is 7.90. The van der Waals surface area contributed by atoms with Crippen molar-refractivity contribution < 1.29 is 41.6 Å². The minimum absolute atomic E-state index is 0.0895. The maximum absolute atomic E-state index is 15.3. The topological polar surface area (TPSA) is 101 Å². The van der Waals surface area contributed by atoms with Crippen LogP contribution >= 0.6 is 0 Å². The van der Waals surface area contributed by atoms with Crippen molar-refractivity contribution in [1.29, 1.82) is 0 Å². The van der Waals surface area contributed by atoms with E-state index < -0.39 is 21.4 Å². The van der Waals surface area contributed by atoms with Gasteiger partial charge in [-0.1, -0.05) is 18.2 Å². The molecule has 0 atom stereocenters. The number of halogens is 1. The number of ether oxygens (including phenoxy) is 5. The third-order valence-corrected chi connectivity index (χ3v) is 7.09. The summed E-state index contributed by atoms with van der Waals surface area (Å²) in [6.07, 6.45) is 3.25. The SMILES string of the molecule is COc1ccc(S(=O)(=O)Cc2c(/C=C\c3cc(OC)c(OC)c(OC)c3)ccc(OC)c2F)cc1O. The zero-order valence-electron chi connectivity index (χ0n) is 20.5. The van der Waals surface area contributed by atoms with Gasteiger partial charge in [0.2, 0.25) is 5.75 Å². The lowest BCUT2D eigenvalue weighted by Gasteiger charge is -2.14. The van der Waals surface area contributed by atoms with Crippen LogP contribution in [0.1, 0.15) is 16.7 Å². The summed E-state index contributed by atoms with van der Waals surface area (Å²) >= 11 is 0. The van der Waals surface area contributed by atoms with Crippen LogP contribution in [0.15, 0.2) is 47.4 Å². The molecule has 10 heteroatoms. The van der Waals surface area contributed by atoms with E-state index in [1.54, 1.807) is 30.4 Å². The minimum atomic E-state index is -4.05. The van der Waals surface area contributed by atoms with Gasteiger partial charge in [-0.25, -0.2) is 12.8 Å². The Morgan fingerprint density at radius 3 is 1.89 bits per heavy atom. The van der Waals surface area contributed by atoms with Crippen molar-refractivity contribution in [3.8, 4) is 34.5 Å². The van der Waals surface area contributed by atoms with E-state index in [1.807, 2.05) is 0 Å². The summed E-state index contributed by atoms with van der Waals surface area (Å²) in [5, 5.41) is 10.0. The number of hydrogen-bond acceptors (Lipinski definition) is 8. The molecule has 0 radical (unpaired) electrons. The standard InChI is InChI=1S/C26H27FO8S/c1-31-21-11-9-18(14-20(21)28)36(29,30)15-19-17(8-10-22(32-2)25(19)27)7-6-16-12-23(33-3)26(35-5)24(13-16)34-4/h6-14,28H,15H2,1-5H3/b7-6-. The summed E-state index contributed by atoms with van der Waals surface area (Å²) in [7, 11) is 3.07. The van der Waals surface area contributed by atoms with E-state index in [9.17, 15) is 13.5 Å². The van der Waals surface area contributed by atoms with Gasteiger partial charge in [0, 0.05) is 11.6 Å². The van der Waals surface area contributed by atoms with E-state index >= 15 is 4.39 Å².